The average molecular weight is 1160 g/mol. The SMILES string of the molecule is c1ccc(-c2cc3c(o2)B2c4cc5c(cc4N(c4ccccc4)c4cc(N(c6ccccc6)c6ccccc6)cc(c42)N3c2ccccc2)N(c2ccccc2)c2cc(N(c3ccccc3)c3ccccc3)cc3c2B5c2ccccc2N3c2ccccc2)cc1. The highest BCUT2D eigenvalue weighted by atomic mass is 16.3. The molecule has 0 radical (unpaired) electrons. The third-order valence-electron chi connectivity index (χ3n) is 18.5. The highest BCUT2D eigenvalue weighted by molar-refractivity contribution is 7.03. The summed E-state index contributed by atoms with van der Waals surface area (Å²) in [6.45, 7) is -0.552. The molecule has 7 nitrogen and oxygen atoms in total. The summed E-state index contributed by atoms with van der Waals surface area (Å²) in [6, 6.07) is 124. The number of hydrogen-bond donors (Lipinski definition) is 0. The van der Waals surface area contributed by atoms with Gasteiger partial charge in [-0.05, 0) is 161 Å². The number of benzene rings is 13. The molecule has 0 spiro atoms. The average Bonchev–Trinajstić information content (AvgIpc) is 1.45. The van der Waals surface area contributed by atoms with Crippen molar-refractivity contribution >= 4 is 149 Å². The summed E-state index contributed by atoms with van der Waals surface area (Å²) in [6.07, 6.45) is 0. The maximum atomic E-state index is 7.62. The van der Waals surface area contributed by atoms with Crippen molar-refractivity contribution in [3.05, 3.63) is 340 Å². The molecule has 426 valence electrons. The summed E-state index contributed by atoms with van der Waals surface area (Å²) < 4.78 is 7.62. The Morgan fingerprint density at radius 3 is 0.956 bits per heavy atom. The molecule has 5 heterocycles. The normalized spacial score (nSPS) is 12.9. The van der Waals surface area contributed by atoms with Gasteiger partial charge in [0.1, 0.15) is 5.76 Å². The lowest BCUT2D eigenvalue weighted by Gasteiger charge is -2.47. The molecule has 14 aromatic rings. The van der Waals surface area contributed by atoms with Crippen LogP contribution in [0, 0.1) is 0 Å². The van der Waals surface area contributed by atoms with Gasteiger partial charge >= 0.3 is 0 Å². The lowest BCUT2D eigenvalue weighted by atomic mass is 9.31. The first-order valence-corrected chi connectivity index (χ1v) is 31.2. The van der Waals surface area contributed by atoms with E-state index in [1.165, 1.54) is 16.4 Å². The molecule has 4 aliphatic rings. The standard InChI is InChI=1S/C82H56B2N6O/c1-10-30-57(31-11-1)79-56-78-82(91-79)84-70-54-69-72(55-73(70)89(64-44-24-8-25-45-64)76-52-67(53-77(81(76)84)90(78)65-46-26-9-27-47-65)86(60-36-16-4-17-37-60)61-38-18-5-19-39-61)88(63-42-22-7-23-43-63)75-51-66(85(58-32-12-2-13-33-58)59-34-14-3-15-35-59)50-74-80(75)83(69)68-48-28-29-49-71(68)87(74)62-40-20-6-21-41-62/h1-56H. The van der Waals surface area contributed by atoms with Gasteiger partial charge in [0.05, 0.1) is 22.7 Å². The molecule has 0 amide bonds. The van der Waals surface area contributed by atoms with Crippen molar-refractivity contribution in [2.75, 3.05) is 29.4 Å². The first kappa shape index (κ1) is 52.2. The summed E-state index contributed by atoms with van der Waals surface area (Å²) in [5, 5.41) is 0. The minimum absolute atomic E-state index is 0.198. The Morgan fingerprint density at radius 1 is 0.231 bits per heavy atom. The molecule has 91 heavy (non-hydrogen) atoms. The fourth-order valence-electron chi connectivity index (χ4n) is 14.8. The summed E-state index contributed by atoms with van der Waals surface area (Å²) in [5.41, 5.74) is 27.1. The van der Waals surface area contributed by atoms with E-state index in [0.29, 0.717) is 0 Å². The first-order valence-electron chi connectivity index (χ1n) is 31.2. The second-order valence-electron chi connectivity index (χ2n) is 23.6. The number of furan rings is 1. The fraction of sp³-hybridized carbons (Fsp3) is 0. The van der Waals surface area contributed by atoms with Crippen LogP contribution in [0.4, 0.5) is 102 Å². The van der Waals surface area contributed by atoms with E-state index in [0.717, 1.165) is 130 Å². The Hall–Kier alpha value is -11.9. The summed E-state index contributed by atoms with van der Waals surface area (Å²) in [4.78, 5) is 14.8. The van der Waals surface area contributed by atoms with Gasteiger partial charge < -0.3 is 33.8 Å². The number of anilines is 18. The van der Waals surface area contributed by atoms with Crippen LogP contribution in [-0.2, 0) is 0 Å². The zero-order chi connectivity index (χ0) is 59.9. The van der Waals surface area contributed by atoms with Crippen LogP contribution < -0.4 is 62.4 Å². The van der Waals surface area contributed by atoms with E-state index in [1.807, 2.05) is 0 Å². The fourth-order valence-corrected chi connectivity index (χ4v) is 14.8. The van der Waals surface area contributed by atoms with Crippen molar-refractivity contribution in [3.8, 4) is 11.3 Å². The molecular weight excluding hydrogens is 1110 g/mol. The molecule has 1 aromatic heterocycles. The number of para-hydroxylation sites is 9. The molecule has 0 unspecified atom stereocenters. The topological polar surface area (TPSA) is 32.6 Å². The van der Waals surface area contributed by atoms with E-state index in [2.05, 4.69) is 369 Å². The monoisotopic (exact) mass is 1160 g/mol. The molecule has 0 fully saturated rings. The van der Waals surface area contributed by atoms with Crippen molar-refractivity contribution < 1.29 is 4.42 Å². The van der Waals surface area contributed by atoms with Gasteiger partial charge in [-0.3, -0.25) is 0 Å². The quantitative estimate of drug-likeness (QED) is 0.119. The van der Waals surface area contributed by atoms with Gasteiger partial charge in [0.2, 0.25) is 0 Å². The first-order chi connectivity index (χ1) is 45.2. The van der Waals surface area contributed by atoms with Crippen molar-refractivity contribution in [1.29, 1.82) is 0 Å². The van der Waals surface area contributed by atoms with Gasteiger partial charge in [0.25, 0.3) is 13.4 Å². The number of fused-ring (bicyclic) bond motifs is 8. The van der Waals surface area contributed by atoms with Crippen LogP contribution in [0.15, 0.2) is 344 Å². The Labute approximate surface area is 530 Å². The van der Waals surface area contributed by atoms with Gasteiger partial charge in [-0.1, -0.05) is 200 Å². The number of nitrogens with zero attached hydrogens (tertiary/aromatic N) is 6. The largest absolute Gasteiger partial charge is 0.468 e. The maximum Gasteiger partial charge on any atom is 0.297 e. The van der Waals surface area contributed by atoms with E-state index in [-0.39, 0.29) is 13.4 Å². The lowest BCUT2D eigenvalue weighted by Crippen LogP contribution is -2.65. The van der Waals surface area contributed by atoms with Crippen LogP contribution in [0.1, 0.15) is 0 Å². The van der Waals surface area contributed by atoms with E-state index in [1.54, 1.807) is 0 Å². The van der Waals surface area contributed by atoms with Crippen LogP contribution in [0.25, 0.3) is 11.3 Å². The summed E-state index contributed by atoms with van der Waals surface area (Å²) >= 11 is 0. The predicted molar refractivity (Wildman–Crippen MR) is 382 cm³/mol. The summed E-state index contributed by atoms with van der Waals surface area (Å²) in [5.74, 6) is 0.813. The number of hydrogen-bond acceptors (Lipinski definition) is 7. The van der Waals surface area contributed by atoms with Gasteiger partial charge in [0, 0.05) is 96.9 Å². The zero-order valence-electron chi connectivity index (χ0n) is 49.6. The predicted octanol–water partition coefficient (Wildman–Crippen LogP) is 18.1. The van der Waals surface area contributed by atoms with Gasteiger partial charge in [-0.15, -0.1) is 0 Å². The smallest absolute Gasteiger partial charge is 0.297 e. The summed E-state index contributed by atoms with van der Waals surface area (Å²) in [7, 11) is 0. The maximum absolute atomic E-state index is 7.62. The molecule has 0 saturated heterocycles. The minimum atomic E-state index is -0.355. The molecule has 0 saturated carbocycles. The molecular formula is C82H56B2N6O. The van der Waals surface area contributed by atoms with Crippen LogP contribution in [-0.4, -0.2) is 13.4 Å². The van der Waals surface area contributed by atoms with E-state index < -0.39 is 0 Å². The Morgan fingerprint density at radius 2 is 0.549 bits per heavy atom. The van der Waals surface area contributed by atoms with Crippen molar-refractivity contribution in [2.45, 2.75) is 0 Å². The molecule has 0 aliphatic carbocycles. The van der Waals surface area contributed by atoms with Gasteiger partial charge in [-0.2, -0.15) is 0 Å². The van der Waals surface area contributed by atoms with Crippen LogP contribution in [0.3, 0.4) is 0 Å². The van der Waals surface area contributed by atoms with Gasteiger partial charge in [-0.25, -0.2) is 0 Å². The highest BCUT2D eigenvalue weighted by Crippen LogP contribution is 2.53. The van der Waals surface area contributed by atoms with E-state index >= 15 is 0 Å². The van der Waals surface area contributed by atoms with E-state index in [4.69, 9.17) is 4.42 Å². The number of rotatable bonds is 11. The Bertz CT molecular complexity index is 4950. The van der Waals surface area contributed by atoms with Crippen molar-refractivity contribution in [3.63, 3.8) is 0 Å². The van der Waals surface area contributed by atoms with Crippen molar-refractivity contribution in [2.24, 2.45) is 0 Å². The third-order valence-corrected chi connectivity index (χ3v) is 18.5. The highest BCUT2D eigenvalue weighted by Gasteiger charge is 2.50. The second kappa shape index (κ2) is 21.4. The molecule has 13 aromatic carbocycles. The Balaban J connectivity index is 0.972. The molecule has 4 aliphatic heterocycles. The lowest BCUT2D eigenvalue weighted by molar-refractivity contribution is 0.615. The molecule has 0 bridgehead atoms. The third kappa shape index (κ3) is 8.46. The van der Waals surface area contributed by atoms with E-state index in [9.17, 15) is 0 Å². The minimum Gasteiger partial charge on any atom is -0.468 e. The van der Waals surface area contributed by atoms with Crippen LogP contribution >= 0.6 is 0 Å². The zero-order valence-corrected chi connectivity index (χ0v) is 49.6. The second-order valence-corrected chi connectivity index (χ2v) is 23.6. The Kier molecular flexibility index (Phi) is 12.3. The van der Waals surface area contributed by atoms with Crippen molar-refractivity contribution in [1.82, 2.24) is 0 Å². The molecule has 9 heteroatoms. The van der Waals surface area contributed by atoms with Crippen LogP contribution in [0.2, 0.25) is 0 Å². The van der Waals surface area contributed by atoms with Gasteiger partial charge in [0.15, 0.2) is 0 Å². The molecule has 18 rings (SSSR count). The molecule has 0 atom stereocenters. The van der Waals surface area contributed by atoms with Crippen LogP contribution in [0.5, 0.6) is 0 Å². The molecule has 0 N–H and O–H groups in total.